The number of rotatable bonds is 4. The van der Waals surface area contributed by atoms with Gasteiger partial charge in [-0.2, -0.15) is 0 Å². The van der Waals surface area contributed by atoms with Crippen LogP contribution in [0.2, 0.25) is 0 Å². The van der Waals surface area contributed by atoms with Crippen molar-refractivity contribution in [3.63, 3.8) is 0 Å². The van der Waals surface area contributed by atoms with E-state index in [9.17, 15) is 4.79 Å². The van der Waals surface area contributed by atoms with E-state index in [1.807, 2.05) is 54.3 Å². The van der Waals surface area contributed by atoms with Crippen LogP contribution in [0.5, 0.6) is 5.75 Å². The van der Waals surface area contributed by atoms with Gasteiger partial charge in [0.1, 0.15) is 11.8 Å². The Morgan fingerprint density at radius 3 is 2.39 bits per heavy atom. The number of ether oxygens (including phenoxy) is 1. The van der Waals surface area contributed by atoms with E-state index in [2.05, 4.69) is 17.0 Å². The summed E-state index contributed by atoms with van der Waals surface area (Å²) in [5, 5.41) is 0. The van der Waals surface area contributed by atoms with Crippen molar-refractivity contribution in [1.82, 2.24) is 4.90 Å². The van der Waals surface area contributed by atoms with Gasteiger partial charge in [0.15, 0.2) is 0 Å². The monoisotopic (exact) mass is 310 g/mol. The van der Waals surface area contributed by atoms with Crippen LogP contribution in [-0.2, 0) is 11.3 Å². The van der Waals surface area contributed by atoms with Crippen molar-refractivity contribution in [3.8, 4) is 5.75 Å². The number of piperazine rings is 1. The van der Waals surface area contributed by atoms with Gasteiger partial charge in [0.25, 0.3) is 0 Å². The molecule has 0 spiro atoms. The number of carbonyl (C=O) groups is 1. The van der Waals surface area contributed by atoms with Crippen LogP contribution < -0.4 is 9.64 Å². The fraction of sp³-hybridized carbons (Fsp3) is 0.316. The molecule has 0 N–H and O–H groups in total. The van der Waals surface area contributed by atoms with Crippen LogP contribution in [0.25, 0.3) is 0 Å². The summed E-state index contributed by atoms with van der Waals surface area (Å²) in [7, 11) is 1.66. The lowest BCUT2D eigenvalue weighted by molar-refractivity contribution is -0.134. The first kappa shape index (κ1) is 15.4. The van der Waals surface area contributed by atoms with Gasteiger partial charge in [0, 0.05) is 25.3 Å². The molecule has 1 fully saturated rings. The number of hydrogen-bond acceptors (Lipinski definition) is 3. The largest absolute Gasteiger partial charge is 0.497 e. The van der Waals surface area contributed by atoms with Crippen LogP contribution in [0, 0.1) is 0 Å². The van der Waals surface area contributed by atoms with Crippen molar-refractivity contribution in [2.75, 3.05) is 25.1 Å². The number of methoxy groups -OCH3 is 1. The first-order valence-corrected chi connectivity index (χ1v) is 7.92. The summed E-state index contributed by atoms with van der Waals surface area (Å²) in [6.07, 6.45) is 0. The molecule has 4 heteroatoms. The molecule has 0 aromatic heterocycles. The molecular weight excluding hydrogens is 288 g/mol. The molecule has 23 heavy (non-hydrogen) atoms. The summed E-state index contributed by atoms with van der Waals surface area (Å²) >= 11 is 0. The Balaban J connectivity index is 1.68. The van der Waals surface area contributed by atoms with E-state index in [1.165, 1.54) is 0 Å². The minimum absolute atomic E-state index is 0.135. The van der Waals surface area contributed by atoms with Gasteiger partial charge in [0.05, 0.1) is 7.11 Å². The molecule has 2 aromatic rings. The molecule has 0 saturated carbocycles. The lowest BCUT2D eigenvalue weighted by Gasteiger charge is -2.40. The van der Waals surface area contributed by atoms with Crippen molar-refractivity contribution in [2.24, 2.45) is 0 Å². The summed E-state index contributed by atoms with van der Waals surface area (Å²) in [5.74, 6) is 1.01. The van der Waals surface area contributed by atoms with Crippen LogP contribution in [0.4, 0.5) is 5.69 Å². The second kappa shape index (κ2) is 6.73. The molecule has 0 bridgehead atoms. The summed E-state index contributed by atoms with van der Waals surface area (Å²) in [6, 6.07) is 17.9. The molecule has 0 aliphatic carbocycles. The smallest absolute Gasteiger partial charge is 0.245 e. The third-order valence-electron chi connectivity index (χ3n) is 4.37. The summed E-state index contributed by atoms with van der Waals surface area (Å²) in [6.45, 7) is 4.22. The Labute approximate surface area is 137 Å². The number of amides is 1. The van der Waals surface area contributed by atoms with Gasteiger partial charge < -0.3 is 14.5 Å². The minimum Gasteiger partial charge on any atom is -0.497 e. The van der Waals surface area contributed by atoms with Crippen molar-refractivity contribution in [3.05, 3.63) is 60.2 Å². The quantitative estimate of drug-likeness (QED) is 0.870. The number of carbonyl (C=O) groups excluding carboxylic acids is 1. The van der Waals surface area contributed by atoms with E-state index >= 15 is 0 Å². The number of para-hydroxylation sites is 1. The van der Waals surface area contributed by atoms with Crippen molar-refractivity contribution >= 4 is 11.6 Å². The molecule has 1 aliphatic heterocycles. The third kappa shape index (κ3) is 3.31. The number of hydrogen-bond donors (Lipinski definition) is 0. The van der Waals surface area contributed by atoms with E-state index < -0.39 is 0 Å². The standard InChI is InChI=1S/C19H22N2O2/c1-15-19(22)20(14-16-8-10-18(23-2)11-9-16)12-13-21(15)17-6-4-3-5-7-17/h3-11,15H,12-14H2,1-2H3. The van der Waals surface area contributed by atoms with E-state index in [-0.39, 0.29) is 11.9 Å². The minimum atomic E-state index is -0.135. The molecule has 1 saturated heterocycles. The van der Waals surface area contributed by atoms with Gasteiger partial charge in [-0.25, -0.2) is 0 Å². The average Bonchev–Trinajstić information content (AvgIpc) is 2.60. The van der Waals surface area contributed by atoms with E-state index in [0.29, 0.717) is 6.54 Å². The van der Waals surface area contributed by atoms with Crippen molar-refractivity contribution < 1.29 is 9.53 Å². The highest BCUT2D eigenvalue weighted by Gasteiger charge is 2.31. The van der Waals surface area contributed by atoms with E-state index in [1.54, 1.807) is 7.11 Å². The third-order valence-corrected chi connectivity index (χ3v) is 4.37. The van der Waals surface area contributed by atoms with Crippen LogP contribution >= 0.6 is 0 Å². The molecule has 1 heterocycles. The Kier molecular flexibility index (Phi) is 4.51. The Morgan fingerprint density at radius 2 is 1.74 bits per heavy atom. The van der Waals surface area contributed by atoms with Crippen molar-refractivity contribution in [2.45, 2.75) is 19.5 Å². The zero-order valence-electron chi connectivity index (χ0n) is 13.6. The lowest BCUT2D eigenvalue weighted by atomic mass is 10.1. The maximum Gasteiger partial charge on any atom is 0.245 e. The van der Waals surface area contributed by atoms with Gasteiger partial charge in [-0.3, -0.25) is 4.79 Å². The SMILES string of the molecule is COc1ccc(CN2CCN(c3ccccc3)C(C)C2=O)cc1. The van der Waals surface area contributed by atoms with Gasteiger partial charge in [0.2, 0.25) is 5.91 Å². The second-order valence-corrected chi connectivity index (χ2v) is 5.81. The topological polar surface area (TPSA) is 32.8 Å². The maximum absolute atomic E-state index is 12.7. The normalized spacial score (nSPS) is 18.2. The van der Waals surface area contributed by atoms with Gasteiger partial charge in [-0.1, -0.05) is 30.3 Å². The number of benzene rings is 2. The van der Waals surface area contributed by atoms with Crippen LogP contribution in [0.3, 0.4) is 0 Å². The lowest BCUT2D eigenvalue weighted by Crippen LogP contribution is -2.55. The fourth-order valence-electron chi connectivity index (χ4n) is 3.01. The zero-order chi connectivity index (χ0) is 16.2. The Bertz CT molecular complexity index is 655. The van der Waals surface area contributed by atoms with Crippen LogP contribution in [-0.4, -0.2) is 37.0 Å². The molecule has 3 rings (SSSR count). The maximum atomic E-state index is 12.7. The van der Waals surface area contributed by atoms with E-state index in [0.717, 1.165) is 30.1 Å². The fourth-order valence-corrected chi connectivity index (χ4v) is 3.01. The predicted molar refractivity (Wildman–Crippen MR) is 91.7 cm³/mol. The molecule has 2 aromatic carbocycles. The first-order valence-electron chi connectivity index (χ1n) is 7.92. The van der Waals surface area contributed by atoms with Crippen molar-refractivity contribution in [1.29, 1.82) is 0 Å². The highest BCUT2D eigenvalue weighted by Crippen LogP contribution is 2.22. The zero-order valence-corrected chi connectivity index (χ0v) is 13.6. The van der Waals surface area contributed by atoms with E-state index in [4.69, 9.17) is 4.74 Å². The molecular formula is C19H22N2O2. The van der Waals surface area contributed by atoms with Gasteiger partial charge in [-0.05, 0) is 36.8 Å². The van der Waals surface area contributed by atoms with Gasteiger partial charge in [-0.15, -0.1) is 0 Å². The summed E-state index contributed by atoms with van der Waals surface area (Å²) in [4.78, 5) is 16.8. The van der Waals surface area contributed by atoms with Crippen LogP contribution in [0.15, 0.2) is 54.6 Å². The average molecular weight is 310 g/mol. The summed E-state index contributed by atoms with van der Waals surface area (Å²) < 4.78 is 5.17. The number of anilines is 1. The first-order chi connectivity index (χ1) is 11.2. The molecule has 0 radical (unpaired) electrons. The summed E-state index contributed by atoms with van der Waals surface area (Å²) in [5.41, 5.74) is 2.23. The molecule has 1 amide bonds. The van der Waals surface area contributed by atoms with Crippen LogP contribution in [0.1, 0.15) is 12.5 Å². The molecule has 120 valence electrons. The number of nitrogens with zero attached hydrogens (tertiary/aromatic N) is 2. The predicted octanol–water partition coefficient (Wildman–Crippen LogP) is 2.93. The highest BCUT2D eigenvalue weighted by molar-refractivity contribution is 5.86. The van der Waals surface area contributed by atoms with Gasteiger partial charge >= 0.3 is 0 Å². The highest BCUT2D eigenvalue weighted by atomic mass is 16.5. The molecule has 4 nitrogen and oxygen atoms in total. The Hall–Kier alpha value is -2.49. The molecule has 1 unspecified atom stereocenters. The second-order valence-electron chi connectivity index (χ2n) is 5.81. The molecule has 1 aliphatic rings. The Morgan fingerprint density at radius 1 is 1.04 bits per heavy atom. The molecule has 1 atom stereocenters.